The van der Waals surface area contributed by atoms with Crippen molar-refractivity contribution in [1.29, 1.82) is 0 Å². The van der Waals surface area contributed by atoms with Gasteiger partial charge >= 0.3 is 0 Å². The Bertz CT molecular complexity index is 743. The monoisotopic (exact) mass is 318 g/mol. The number of nitrogens with zero attached hydrogens (tertiary/aromatic N) is 2. The van der Waals surface area contributed by atoms with Crippen molar-refractivity contribution >= 4 is 16.8 Å². The number of fused-ring (bicyclic) bond motifs is 1. The second-order valence-electron chi connectivity index (χ2n) is 5.79. The number of hydrogen-bond acceptors (Lipinski definition) is 4. The Hall–Kier alpha value is -2.12. The number of aryl methyl sites for hydroxylation is 1. The third-order valence-corrected chi connectivity index (χ3v) is 4.18. The Balaban J connectivity index is 1.59. The van der Waals surface area contributed by atoms with Gasteiger partial charge in [-0.2, -0.15) is 0 Å². The zero-order chi connectivity index (χ0) is 16.2. The van der Waals surface area contributed by atoms with Crippen molar-refractivity contribution in [2.45, 2.75) is 6.42 Å². The average molecular weight is 318 g/mol. The predicted molar refractivity (Wildman–Crippen MR) is 87.7 cm³/mol. The molecule has 1 aliphatic rings. The van der Waals surface area contributed by atoms with Gasteiger partial charge in [0.15, 0.2) is 0 Å². The molecule has 1 amide bonds. The fraction of sp³-hybridized carbons (Fsp3) is 0.500. The van der Waals surface area contributed by atoms with Crippen molar-refractivity contribution in [1.82, 2.24) is 19.8 Å². The van der Waals surface area contributed by atoms with Crippen LogP contribution in [0, 0.1) is 0 Å². The molecule has 0 saturated carbocycles. The fourth-order valence-electron chi connectivity index (χ4n) is 2.87. The van der Waals surface area contributed by atoms with Gasteiger partial charge in [-0.25, -0.2) is 0 Å². The zero-order valence-corrected chi connectivity index (χ0v) is 13.3. The van der Waals surface area contributed by atoms with E-state index in [1.54, 1.807) is 25.5 Å². The van der Waals surface area contributed by atoms with Crippen molar-refractivity contribution < 1.29 is 9.53 Å². The second kappa shape index (κ2) is 6.97. The van der Waals surface area contributed by atoms with E-state index in [1.807, 2.05) is 0 Å². The molecule has 3 rings (SSSR count). The molecule has 2 aromatic rings. The van der Waals surface area contributed by atoms with Crippen LogP contribution in [-0.4, -0.2) is 59.8 Å². The summed E-state index contributed by atoms with van der Waals surface area (Å²) in [6.45, 7) is 5.06. The maximum absolute atomic E-state index is 12.4. The lowest BCUT2D eigenvalue weighted by Crippen LogP contribution is -2.38. The highest BCUT2D eigenvalue weighted by atomic mass is 16.5. The summed E-state index contributed by atoms with van der Waals surface area (Å²) in [5.41, 5.74) is 0.858. The summed E-state index contributed by atoms with van der Waals surface area (Å²) < 4.78 is 6.75. The Morgan fingerprint density at radius 2 is 2.17 bits per heavy atom. The highest BCUT2D eigenvalue weighted by Gasteiger charge is 2.14. The Labute approximate surface area is 134 Å². The molecular weight excluding hydrogens is 296 g/mol. The quantitative estimate of drug-likeness (QED) is 0.778. The summed E-state index contributed by atoms with van der Waals surface area (Å²) in [6, 6.07) is 1.76. The van der Waals surface area contributed by atoms with Crippen LogP contribution < -0.4 is 10.9 Å². The number of pyridine rings is 1. The molecule has 0 bridgehead atoms. The van der Waals surface area contributed by atoms with Gasteiger partial charge in [0.05, 0.1) is 18.8 Å². The number of H-pyrrole nitrogens is 1. The van der Waals surface area contributed by atoms with Gasteiger partial charge in [0, 0.05) is 44.5 Å². The van der Waals surface area contributed by atoms with Crippen molar-refractivity contribution in [3.63, 3.8) is 0 Å². The van der Waals surface area contributed by atoms with Gasteiger partial charge in [0.1, 0.15) is 5.52 Å². The topological polar surface area (TPSA) is 79.4 Å². The first-order valence-corrected chi connectivity index (χ1v) is 7.92. The molecular formula is C16H22N4O3. The van der Waals surface area contributed by atoms with E-state index in [0.717, 1.165) is 39.3 Å². The van der Waals surface area contributed by atoms with Crippen LogP contribution in [0.4, 0.5) is 0 Å². The molecule has 0 unspecified atom stereocenters. The maximum Gasteiger partial charge on any atom is 0.274 e. The third kappa shape index (κ3) is 3.46. The molecule has 1 fully saturated rings. The maximum atomic E-state index is 12.4. The van der Waals surface area contributed by atoms with E-state index < -0.39 is 0 Å². The first-order chi connectivity index (χ1) is 11.2. The fourth-order valence-corrected chi connectivity index (χ4v) is 2.87. The lowest BCUT2D eigenvalue weighted by Gasteiger charge is -2.26. The van der Waals surface area contributed by atoms with Gasteiger partial charge in [0.2, 0.25) is 0 Å². The first kappa shape index (κ1) is 15.8. The summed E-state index contributed by atoms with van der Waals surface area (Å²) in [5, 5.41) is 3.61. The molecule has 7 nitrogen and oxygen atoms in total. The number of carbonyl (C=O) groups excluding carboxylic acids is 1. The molecule has 1 saturated heterocycles. The minimum atomic E-state index is -0.146. The third-order valence-electron chi connectivity index (χ3n) is 4.18. The van der Waals surface area contributed by atoms with Crippen LogP contribution in [0.25, 0.3) is 10.9 Å². The molecule has 0 aromatic carbocycles. The van der Waals surface area contributed by atoms with Crippen LogP contribution in [0.5, 0.6) is 0 Å². The summed E-state index contributed by atoms with van der Waals surface area (Å²) in [4.78, 5) is 29.6. The smallest absolute Gasteiger partial charge is 0.274 e. The summed E-state index contributed by atoms with van der Waals surface area (Å²) in [6.07, 6.45) is 4.17. The number of carbonyl (C=O) groups is 1. The lowest BCUT2D eigenvalue weighted by atomic mass is 10.1. The minimum absolute atomic E-state index is 0.131. The molecule has 0 radical (unpaired) electrons. The number of amides is 1. The Kier molecular flexibility index (Phi) is 4.78. The van der Waals surface area contributed by atoms with Crippen LogP contribution in [-0.2, 0) is 11.8 Å². The zero-order valence-electron chi connectivity index (χ0n) is 13.3. The Morgan fingerprint density at radius 1 is 1.39 bits per heavy atom. The van der Waals surface area contributed by atoms with Crippen LogP contribution in [0.2, 0.25) is 0 Å². The molecule has 0 spiro atoms. The lowest BCUT2D eigenvalue weighted by molar-refractivity contribution is 0.0374. The Morgan fingerprint density at radius 3 is 2.96 bits per heavy atom. The van der Waals surface area contributed by atoms with E-state index in [4.69, 9.17) is 4.74 Å². The molecule has 2 aromatic heterocycles. The normalized spacial score (nSPS) is 15.9. The highest BCUT2D eigenvalue weighted by molar-refractivity contribution is 6.05. The predicted octanol–water partition coefficient (Wildman–Crippen LogP) is 0.319. The van der Waals surface area contributed by atoms with Gasteiger partial charge in [-0.15, -0.1) is 0 Å². The van der Waals surface area contributed by atoms with Gasteiger partial charge < -0.3 is 19.6 Å². The number of aromatic nitrogens is 2. The number of ether oxygens (including phenoxy) is 1. The number of nitrogens with one attached hydrogen (secondary N) is 2. The van der Waals surface area contributed by atoms with Crippen molar-refractivity contribution in [3.05, 3.63) is 34.4 Å². The average Bonchev–Trinajstić information content (AvgIpc) is 3.05. The summed E-state index contributed by atoms with van der Waals surface area (Å²) >= 11 is 0. The molecule has 3 heterocycles. The molecule has 0 aliphatic carbocycles. The van der Waals surface area contributed by atoms with E-state index in [0.29, 0.717) is 23.0 Å². The van der Waals surface area contributed by atoms with Crippen molar-refractivity contribution in [3.8, 4) is 0 Å². The van der Waals surface area contributed by atoms with E-state index in [-0.39, 0.29) is 11.5 Å². The van der Waals surface area contributed by atoms with E-state index in [2.05, 4.69) is 15.2 Å². The molecule has 7 heteroatoms. The second-order valence-corrected chi connectivity index (χ2v) is 5.79. The van der Waals surface area contributed by atoms with Gasteiger partial charge in [-0.1, -0.05) is 0 Å². The van der Waals surface area contributed by atoms with Crippen molar-refractivity contribution in [2.24, 2.45) is 7.05 Å². The number of rotatable bonds is 5. The van der Waals surface area contributed by atoms with Crippen molar-refractivity contribution in [2.75, 3.05) is 39.4 Å². The van der Waals surface area contributed by atoms with E-state index >= 15 is 0 Å². The SMILES string of the molecule is Cn1cc(C(=O)NCCCN2CCOCC2)c2cc[nH]c2c1=O. The van der Waals surface area contributed by atoms with Crippen LogP contribution in [0.1, 0.15) is 16.8 Å². The highest BCUT2D eigenvalue weighted by Crippen LogP contribution is 2.13. The van der Waals surface area contributed by atoms with Crippen LogP contribution in [0.15, 0.2) is 23.3 Å². The van der Waals surface area contributed by atoms with E-state index in [9.17, 15) is 9.59 Å². The molecule has 2 N–H and O–H groups in total. The first-order valence-electron chi connectivity index (χ1n) is 7.92. The molecule has 124 valence electrons. The number of aromatic amines is 1. The molecule has 0 atom stereocenters. The number of hydrogen-bond donors (Lipinski definition) is 2. The summed E-state index contributed by atoms with van der Waals surface area (Å²) in [7, 11) is 1.65. The minimum Gasteiger partial charge on any atom is -0.379 e. The van der Waals surface area contributed by atoms with Gasteiger partial charge in [-0.3, -0.25) is 14.5 Å². The molecule has 23 heavy (non-hydrogen) atoms. The van der Waals surface area contributed by atoms with Crippen LogP contribution in [0.3, 0.4) is 0 Å². The molecule has 1 aliphatic heterocycles. The van der Waals surface area contributed by atoms with Crippen LogP contribution >= 0.6 is 0 Å². The van der Waals surface area contributed by atoms with E-state index in [1.165, 1.54) is 4.57 Å². The largest absolute Gasteiger partial charge is 0.379 e. The standard InChI is InChI=1S/C16H22N4O3/c1-19-11-13(12-3-5-17-14(12)16(19)22)15(21)18-4-2-6-20-7-9-23-10-8-20/h3,5,11,17H,2,4,6-10H2,1H3,(H,18,21). The summed E-state index contributed by atoms with van der Waals surface area (Å²) in [5.74, 6) is -0.146. The van der Waals surface area contributed by atoms with Gasteiger partial charge in [0.25, 0.3) is 11.5 Å². The van der Waals surface area contributed by atoms with Gasteiger partial charge in [-0.05, 0) is 19.0 Å². The number of morpholine rings is 1.